The predicted molar refractivity (Wildman–Crippen MR) is 104 cm³/mol. The van der Waals surface area contributed by atoms with E-state index in [1.807, 2.05) is 4.90 Å². The van der Waals surface area contributed by atoms with Gasteiger partial charge in [-0.1, -0.05) is 0 Å². The minimum atomic E-state index is -4.57. The molecule has 172 valence electrons. The minimum absolute atomic E-state index is 0.0155. The Hall–Kier alpha value is -2.78. The fraction of sp³-hybridized carbons (Fsp3) is 0.455. The highest BCUT2D eigenvalue weighted by atomic mass is 19.4. The summed E-state index contributed by atoms with van der Waals surface area (Å²) in [5.74, 6) is 0.0411. The summed E-state index contributed by atoms with van der Waals surface area (Å²) >= 11 is 0. The van der Waals surface area contributed by atoms with Crippen molar-refractivity contribution in [3.05, 3.63) is 53.2 Å². The number of ketones is 1. The van der Waals surface area contributed by atoms with Crippen molar-refractivity contribution < 1.29 is 35.9 Å². The molecule has 2 aliphatic rings. The van der Waals surface area contributed by atoms with Gasteiger partial charge in [0.05, 0.1) is 16.7 Å². The van der Waals surface area contributed by atoms with Crippen molar-refractivity contribution in [2.24, 2.45) is 0 Å². The quantitative estimate of drug-likeness (QED) is 0.423. The van der Waals surface area contributed by atoms with Gasteiger partial charge in [-0.25, -0.2) is 4.98 Å². The number of alkyl halides is 6. The molecular weight excluding hydrogens is 438 g/mol. The van der Waals surface area contributed by atoms with Gasteiger partial charge < -0.3 is 9.64 Å². The third kappa shape index (κ3) is 4.40. The number of pyridine rings is 1. The monoisotopic (exact) mass is 458 g/mol. The van der Waals surface area contributed by atoms with Crippen molar-refractivity contribution >= 4 is 11.6 Å². The van der Waals surface area contributed by atoms with Crippen LogP contribution < -0.4 is 9.64 Å². The highest BCUT2D eigenvalue weighted by Gasteiger charge is 2.43. The number of nitrogens with zero attached hydrogens (tertiary/aromatic N) is 2. The van der Waals surface area contributed by atoms with Crippen LogP contribution >= 0.6 is 0 Å². The fourth-order valence-corrected chi connectivity index (χ4v) is 4.57. The Labute approximate surface area is 180 Å². The van der Waals surface area contributed by atoms with Gasteiger partial charge in [-0.05, 0) is 50.1 Å². The lowest BCUT2D eigenvalue weighted by Gasteiger charge is -2.40. The molecule has 0 spiro atoms. The Morgan fingerprint density at radius 2 is 1.56 bits per heavy atom. The zero-order valence-corrected chi connectivity index (χ0v) is 17.0. The average Bonchev–Trinajstić information content (AvgIpc) is 2.97. The van der Waals surface area contributed by atoms with Crippen LogP contribution in [-0.2, 0) is 12.4 Å². The summed E-state index contributed by atoms with van der Waals surface area (Å²) in [6.07, 6.45) is -5.87. The molecular formula is C22H20F6N2O2. The Morgan fingerprint density at radius 3 is 2.06 bits per heavy atom. The molecule has 32 heavy (non-hydrogen) atoms. The Balaban J connectivity index is 1.50. The highest BCUT2D eigenvalue weighted by molar-refractivity contribution is 5.97. The lowest BCUT2D eigenvalue weighted by atomic mass is 9.99. The summed E-state index contributed by atoms with van der Waals surface area (Å²) in [5.41, 5.74) is -1.86. The van der Waals surface area contributed by atoms with E-state index >= 15 is 0 Å². The maximum Gasteiger partial charge on any atom is 0.417 e. The molecule has 2 fully saturated rings. The van der Waals surface area contributed by atoms with E-state index in [0.717, 1.165) is 37.2 Å². The number of carbonyl (C=O) groups excluding carboxylic acids is 1. The van der Waals surface area contributed by atoms with Gasteiger partial charge in [-0.3, -0.25) is 4.79 Å². The third-order valence-corrected chi connectivity index (χ3v) is 6.01. The number of carbonyl (C=O) groups is 1. The number of aromatic nitrogens is 1. The van der Waals surface area contributed by atoms with Crippen LogP contribution in [0.1, 0.15) is 54.1 Å². The number of ether oxygens (including phenoxy) is 1. The molecule has 0 N–H and O–H groups in total. The van der Waals surface area contributed by atoms with Gasteiger partial charge >= 0.3 is 12.4 Å². The fourth-order valence-electron chi connectivity index (χ4n) is 4.57. The van der Waals surface area contributed by atoms with Crippen molar-refractivity contribution in [2.75, 3.05) is 4.90 Å². The normalized spacial score (nSPS) is 23.3. The van der Waals surface area contributed by atoms with Crippen molar-refractivity contribution in [3.8, 4) is 5.75 Å². The van der Waals surface area contributed by atoms with Crippen molar-refractivity contribution in [3.63, 3.8) is 0 Å². The number of hydrogen-bond acceptors (Lipinski definition) is 4. The number of hydrogen-bond donors (Lipinski definition) is 0. The summed E-state index contributed by atoms with van der Waals surface area (Å²) in [6, 6.07) is 5.19. The maximum absolute atomic E-state index is 13.0. The number of halogens is 6. The van der Waals surface area contributed by atoms with Gasteiger partial charge in [0.2, 0.25) is 0 Å². The molecule has 2 saturated heterocycles. The topological polar surface area (TPSA) is 42.4 Å². The Morgan fingerprint density at radius 1 is 0.969 bits per heavy atom. The van der Waals surface area contributed by atoms with Crippen LogP contribution in [-0.4, -0.2) is 29.0 Å². The molecule has 0 saturated carbocycles. The predicted octanol–water partition coefficient (Wildman–Crippen LogP) is 5.90. The number of Topliss-reactive ketones (excluding diaryl/α,β-unsaturated/α-hetero) is 1. The SMILES string of the molecule is CC(=O)c1cc(C(F)(F)F)ccc1OC1C[C@H]2CC[C@@H](C1)N2c1ccc(C(F)(F)F)cn1. The summed E-state index contributed by atoms with van der Waals surface area (Å²) in [5, 5.41) is 0. The van der Waals surface area contributed by atoms with Crippen molar-refractivity contribution in [2.45, 2.75) is 63.1 Å². The van der Waals surface area contributed by atoms with Crippen LogP contribution in [0.25, 0.3) is 0 Å². The number of fused-ring (bicyclic) bond motifs is 2. The van der Waals surface area contributed by atoms with Gasteiger partial charge in [-0.2, -0.15) is 26.3 Å². The number of piperidine rings is 1. The van der Waals surface area contributed by atoms with Crippen LogP contribution in [0, 0.1) is 0 Å². The van der Waals surface area contributed by atoms with E-state index in [-0.39, 0.29) is 29.5 Å². The number of rotatable bonds is 4. The van der Waals surface area contributed by atoms with E-state index in [0.29, 0.717) is 18.7 Å². The first-order valence-corrected chi connectivity index (χ1v) is 10.1. The maximum atomic E-state index is 13.0. The molecule has 1 unspecified atom stereocenters. The first kappa shape index (κ1) is 22.4. The molecule has 2 aliphatic heterocycles. The molecule has 0 radical (unpaired) electrons. The van der Waals surface area contributed by atoms with Gasteiger partial charge in [0.15, 0.2) is 5.78 Å². The molecule has 2 aromatic rings. The first-order chi connectivity index (χ1) is 14.9. The van der Waals surface area contributed by atoms with Crippen LogP contribution in [0.15, 0.2) is 36.5 Å². The van der Waals surface area contributed by atoms with E-state index in [1.54, 1.807) is 0 Å². The molecule has 1 aromatic heterocycles. The summed E-state index contributed by atoms with van der Waals surface area (Å²) in [7, 11) is 0. The average molecular weight is 458 g/mol. The van der Waals surface area contributed by atoms with E-state index in [9.17, 15) is 31.1 Å². The van der Waals surface area contributed by atoms with E-state index in [1.165, 1.54) is 19.1 Å². The molecule has 2 bridgehead atoms. The third-order valence-electron chi connectivity index (χ3n) is 6.01. The van der Waals surface area contributed by atoms with Crippen molar-refractivity contribution in [1.82, 2.24) is 4.98 Å². The summed E-state index contributed by atoms with van der Waals surface area (Å²) in [6.45, 7) is 1.19. The zero-order chi connectivity index (χ0) is 23.3. The molecule has 4 rings (SSSR count). The molecule has 0 aliphatic carbocycles. The number of benzene rings is 1. The molecule has 1 aromatic carbocycles. The lowest BCUT2D eigenvalue weighted by Crippen LogP contribution is -2.47. The Bertz CT molecular complexity index is 989. The molecule has 4 nitrogen and oxygen atoms in total. The van der Waals surface area contributed by atoms with Gasteiger partial charge in [-0.15, -0.1) is 0 Å². The Kier molecular flexibility index (Phi) is 5.58. The van der Waals surface area contributed by atoms with Gasteiger partial charge in [0, 0.05) is 31.1 Å². The zero-order valence-electron chi connectivity index (χ0n) is 17.0. The standard InChI is InChI=1S/C22H20F6N2O2/c1-12(31)18-8-13(21(23,24)25)2-6-19(18)32-17-9-15-4-5-16(10-17)30(15)20-7-3-14(11-29-20)22(26,27)28/h2-3,6-8,11,15-17H,4-5,9-10H2,1H3/t15-,16+,17?. The van der Waals surface area contributed by atoms with Crippen LogP contribution in [0.2, 0.25) is 0 Å². The highest BCUT2D eigenvalue weighted by Crippen LogP contribution is 2.41. The molecule has 3 heterocycles. The van der Waals surface area contributed by atoms with Gasteiger partial charge in [0.1, 0.15) is 17.7 Å². The summed E-state index contributed by atoms with van der Waals surface area (Å²) < 4.78 is 83.4. The minimum Gasteiger partial charge on any atom is -0.490 e. The van der Waals surface area contributed by atoms with E-state index in [4.69, 9.17) is 4.74 Å². The second-order valence-electron chi connectivity index (χ2n) is 8.17. The van der Waals surface area contributed by atoms with Crippen LogP contribution in [0.5, 0.6) is 5.75 Å². The second-order valence-corrected chi connectivity index (χ2v) is 8.17. The molecule has 10 heteroatoms. The van der Waals surface area contributed by atoms with E-state index in [2.05, 4.69) is 4.98 Å². The lowest BCUT2D eigenvalue weighted by molar-refractivity contribution is -0.138. The smallest absolute Gasteiger partial charge is 0.417 e. The number of anilines is 1. The van der Waals surface area contributed by atoms with Crippen LogP contribution in [0.3, 0.4) is 0 Å². The van der Waals surface area contributed by atoms with Gasteiger partial charge in [0.25, 0.3) is 0 Å². The molecule has 3 atom stereocenters. The summed E-state index contributed by atoms with van der Waals surface area (Å²) in [4.78, 5) is 17.9. The first-order valence-electron chi connectivity index (χ1n) is 10.1. The van der Waals surface area contributed by atoms with Crippen molar-refractivity contribution in [1.29, 1.82) is 0 Å². The largest absolute Gasteiger partial charge is 0.490 e. The van der Waals surface area contributed by atoms with E-state index < -0.39 is 29.3 Å². The van der Waals surface area contributed by atoms with Crippen LogP contribution in [0.4, 0.5) is 32.2 Å². The second kappa shape index (κ2) is 7.97. The molecule has 0 amide bonds.